The lowest BCUT2D eigenvalue weighted by molar-refractivity contribution is -0.127. The summed E-state index contributed by atoms with van der Waals surface area (Å²) in [4.78, 5) is 11.8. The quantitative estimate of drug-likeness (QED) is 0.219. The van der Waals surface area contributed by atoms with Crippen molar-refractivity contribution in [2.75, 3.05) is 6.73 Å². The van der Waals surface area contributed by atoms with Crippen molar-refractivity contribution in [3.8, 4) is 0 Å². The Morgan fingerprint density at radius 1 is 0.651 bits per heavy atom. The van der Waals surface area contributed by atoms with Gasteiger partial charge in [0.05, 0.1) is 6.10 Å². The second-order valence-corrected chi connectivity index (χ2v) is 11.6. The minimum Gasteiger partial charge on any atom is -0.358 e. The molecule has 43 heavy (non-hydrogen) atoms. The summed E-state index contributed by atoms with van der Waals surface area (Å²) in [6.45, 7) is 24.2. The van der Waals surface area contributed by atoms with E-state index in [1.807, 2.05) is 6.92 Å². The van der Waals surface area contributed by atoms with Gasteiger partial charge in [0.2, 0.25) is 5.91 Å². The molecule has 0 radical (unpaired) electrons. The maximum atomic E-state index is 11.8. The maximum absolute atomic E-state index is 11.8. The van der Waals surface area contributed by atoms with Crippen LogP contribution in [0.3, 0.4) is 0 Å². The van der Waals surface area contributed by atoms with Crippen LogP contribution in [0.15, 0.2) is 60.7 Å². The smallest absolute Gasteiger partial charge is 0.224 e. The predicted molar refractivity (Wildman–Crippen MR) is 196 cm³/mol. The molecule has 0 heterocycles. The first kappa shape index (κ1) is 47.8. The zero-order chi connectivity index (χ0) is 31.5. The molecule has 4 atom stereocenters. The fraction of sp³-hybridized carbons (Fsp3) is 0.675. The Morgan fingerprint density at radius 2 is 1.07 bits per heavy atom. The molecule has 0 aromatic heterocycles. The van der Waals surface area contributed by atoms with Gasteiger partial charge >= 0.3 is 0 Å². The Balaban J connectivity index is -0.000000247. The van der Waals surface area contributed by atoms with Crippen molar-refractivity contribution in [3.05, 3.63) is 71.8 Å². The van der Waals surface area contributed by atoms with Gasteiger partial charge in [0.1, 0.15) is 6.73 Å². The lowest BCUT2D eigenvalue weighted by Gasteiger charge is -2.16. The number of unbranched alkanes of at least 4 members (excludes halogenated alkanes) is 1. The molecule has 0 aliphatic heterocycles. The Labute approximate surface area is 271 Å². The third-order valence-corrected chi connectivity index (χ3v) is 7.74. The van der Waals surface area contributed by atoms with E-state index in [9.17, 15) is 4.79 Å². The summed E-state index contributed by atoms with van der Waals surface area (Å²) in [7, 11) is 0. The number of amides is 1. The van der Waals surface area contributed by atoms with Crippen LogP contribution < -0.4 is 5.32 Å². The molecular weight excluding hydrogens is 526 g/mol. The van der Waals surface area contributed by atoms with E-state index in [1.54, 1.807) is 0 Å². The highest BCUT2D eigenvalue weighted by molar-refractivity contribution is 5.78. The van der Waals surface area contributed by atoms with Crippen LogP contribution in [0.4, 0.5) is 0 Å². The van der Waals surface area contributed by atoms with Crippen molar-refractivity contribution in [2.24, 2.45) is 11.8 Å². The zero-order valence-electron chi connectivity index (χ0n) is 28.8. The Kier molecular flexibility index (Phi) is 36.4. The van der Waals surface area contributed by atoms with Gasteiger partial charge in [0.25, 0.3) is 0 Å². The zero-order valence-corrected chi connectivity index (χ0v) is 28.8. The van der Waals surface area contributed by atoms with Crippen LogP contribution in [-0.4, -0.2) is 18.7 Å². The largest absolute Gasteiger partial charge is 0.358 e. The molecule has 1 amide bonds. The van der Waals surface area contributed by atoms with Crippen LogP contribution in [0, 0.1) is 11.8 Å². The molecule has 1 N–H and O–H groups in total. The molecule has 2 rings (SSSR count). The topological polar surface area (TPSA) is 38.3 Å². The molecule has 0 saturated heterocycles. The molecule has 4 unspecified atom stereocenters. The van der Waals surface area contributed by atoms with E-state index in [-0.39, 0.29) is 32.8 Å². The summed E-state index contributed by atoms with van der Waals surface area (Å²) in [5.74, 6) is 2.59. The predicted octanol–water partition coefficient (Wildman–Crippen LogP) is 12.8. The fourth-order valence-corrected chi connectivity index (χ4v) is 3.52. The number of hydrogen-bond acceptors (Lipinski definition) is 2. The number of benzene rings is 2. The molecule has 3 nitrogen and oxygen atoms in total. The molecule has 0 fully saturated rings. The molecule has 0 spiro atoms. The first-order chi connectivity index (χ1) is 19.6. The van der Waals surface area contributed by atoms with Crippen molar-refractivity contribution in [1.29, 1.82) is 0 Å². The van der Waals surface area contributed by atoms with E-state index < -0.39 is 0 Å². The lowest BCUT2D eigenvalue weighted by Crippen LogP contribution is -2.33. The lowest BCUT2D eigenvalue weighted by atomic mass is 9.99. The molecule has 252 valence electrons. The number of carbonyl (C=O) groups excluding carboxylic acids is 1. The normalized spacial score (nSPS) is 12.6. The van der Waals surface area contributed by atoms with Crippen molar-refractivity contribution in [2.45, 2.75) is 160 Å². The summed E-state index contributed by atoms with van der Waals surface area (Å²) in [6, 6.07) is 21.3. The fourth-order valence-electron chi connectivity index (χ4n) is 3.52. The highest BCUT2D eigenvalue weighted by Gasteiger charge is 2.15. The van der Waals surface area contributed by atoms with Gasteiger partial charge in [-0.1, -0.05) is 164 Å². The van der Waals surface area contributed by atoms with Crippen molar-refractivity contribution in [3.63, 3.8) is 0 Å². The van der Waals surface area contributed by atoms with Crippen LogP contribution in [0.5, 0.6) is 0 Å². The highest BCUT2D eigenvalue weighted by atomic mass is 16.5. The van der Waals surface area contributed by atoms with Gasteiger partial charge in [0.15, 0.2) is 0 Å². The minimum absolute atomic E-state index is 0. The number of carbonyl (C=O) groups is 1. The van der Waals surface area contributed by atoms with Crippen LogP contribution in [-0.2, 0) is 9.53 Å². The summed E-state index contributed by atoms with van der Waals surface area (Å²) in [5, 5.41) is 2.85. The molecular formula is C40H75NO2. The molecule has 2 aromatic rings. The van der Waals surface area contributed by atoms with Gasteiger partial charge in [-0.2, -0.15) is 0 Å². The van der Waals surface area contributed by atoms with Crippen LogP contribution in [0.25, 0.3) is 0 Å². The minimum atomic E-state index is 0. The van der Waals surface area contributed by atoms with Gasteiger partial charge in [0, 0.05) is 5.92 Å². The van der Waals surface area contributed by atoms with Crippen LogP contribution in [0.1, 0.15) is 165 Å². The summed E-state index contributed by atoms with van der Waals surface area (Å²) in [6.07, 6.45) is 9.12. The van der Waals surface area contributed by atoms with E-state index >= 15 is 0 Å². The molecule has 0 aliphatic carbocycles. The van der Waals surface area contributed by atoms with Crippen LogP contribution in [0.2, 0.25) is 0 Å². The van der Waals surface area contributed by atoms with Crippen LogP contribution >= 0.6 is 0 Å². The third-order valence-electron chi connectivity index (χ3n) is 7.74. The molecule has 0 bridgehead atoms. The van der Waals surface area contributed by atoms with E-state index in [4.69, 9.17) is 4.74 Å². The Morgan fingerprint density at radius 3 is 1.37 bits per heavy atom. The molecule has 0 aliphatic rings. The van der Waals surface area contributed by atoms with Gasteiger partial charge in [-0.05, 0) is 67.9 Å². The van der Waals surface area contributed by atoms with E-state index in [1.165, 1.54) is 30.4 Å². The molecule has 2 aromatic carbocycles. The van der Waals surface area contributed by atoms with E-state index in [0.717, 1.165) is 38.0 Å². The van der Waals surface area contributed by atoms with Gasteiger partial charge in [-0.3, -0.25) is 4.79 Å². The number of nitrogens with one attached hydrogen (secondary N) is 1. The monoisotopic (exact) mass is 602 g/mol. The van der Waals surface area contributed by atoms with Crippen molar-refractivity contribution in [1.82, 2.24) is 5.32 Å². The summed E-state index contributed by atoms with van der Waals surface area (Å²) in [5.41, 5.74) is 2.90. The standard InChI is InChI=1S/C13H27NO2.2C10H14.C5H12.2CH4/c1-5-8-9-12(7-3)13(15)14-10-16-11(4)6-2;2*1-3-9(2)10-7-5-4-6-8-10;1-4-5(2)3;;/h11-12H,5-10H2,1-4H3,(H,14,15);2*4-9H,3H2,1-2H3;5H,4H2,1-3H3;2*1H4. The Bertz CT molecular complexity index is 760. The first-order valence-electron chi connectivity index (χ1n) is 16.6. The SMILES string of the molecule is C.C.CCC(C)C.CCC(C)c1ccccc1.CCC(C)c1ccccc1.CCCCC(CC)C(=O)NCOC(C)CC. The third kappa shape index (κ3) is 27.2. The van der Waals surface area contributed by atoms with Gasteiger partial charge in [-0.25, -0.2) is 0 Å². The summed E-state index contributed by atoms with van der Waals surface area (Å²) >= 11 is 0. The van der Waals surface area contributed by atoms with Crippen molar-refractivity contribution < 1.29 is 9.53 Å². The number of ether oxygens (including phenoxy) is 1. The molecule has 3 heteroatoms. The average molecular weight is 602 g/mol. The van der Waals surface area contributed by atoms with E-state index in [2.05, 4.69) is 135 Å². The average Bonchev–Trinajstić information content (AvgIpc) is 3.02. The number of rotatable bonds is 14. The van der Waals surface area contributed by atoms with Gasteiger partial charge in [-0.15, -0.1) is 0 Å². The second-order valence-electron chi connectivity index (χ2n) is 11.6. The summed E-state index contributed by atoms with van der Waals surface area (Å²) < 4.78 is 5.43. The molecule has 0 saturated carbocycles. The van der Waals surface area contributed by atoms with Gasteiger partial charge < -0.3 is 10.1 Å². The van der Waals surface area contributed by atoms with Crippen molar-refractivity contribution >= 4 is 5.91 Å². The number of hydrogen-bond donors (Lipinski definition) is 1. The second kappa shape index (κ2) is 32.8. The maximum Gasteiger partial charge on any atom is 0.224 e. The first-order valence-corrected chi connectivity index (χ1v) is 16.6. The van der Waals surface area contributed by atoms with E-state index in [0.29, 0.717) is 18.6 Å². The highest BCUT2D eigenvalue weighted by Crippen LogP contribution is 2.17. The Hall–Kier alpha value is -2.13.